The second-order valence-corrected chi connectivity index (χ2v) is 4.56. The summed E-state index contributed by atoms with van der Waals surface area (Å²) in [6.07, 6.45) is 8.92. The quantitative estimate of drug-likeness (QED) is 0.838. The zero-order valence-electron chi connectivity index (χ0n) is 9.34. The minimum absolute atomic E-state index is 0.357. The van der Waals surface area contributed by atoms with Crippen molar-refractivity contribution in [3.8, 4) is 6.07 Å². The lowest BCUT2D eigenvalue weighted by molar-refractivity contribution is 0.124. The van der Waals surface area contributed by atoms with E-state index in [1.165, 1.54) is 25.7 Å². The summed E-state index contributed by atoms with van der Waals surface area (Å²) in [5, 5.41) is 18.7. The molecule has 1 N–H and O–H groups in total. The van der Waals surface area contributed by atoms with Gasteiger partial charge in [-0.25, -0.2) is 4.98 Å². The van der Waals surface area contributed by atoms with Crippen LogP contribution >= 0.6 is 0 Å². The summed E-state index contributed by atoms with van der Waals surface area (Å²) in [5.74, 6) is 1.05. The van der Waals surface area contributed by atoms with Gasteiger partial charge < -0.3 is 9.67 Å². The van der Waals surface area contributed by atoms with Crippen molar-refractivity contribution in [3.05, 3.63) is 18.2 Å². The van der Waals surface area contributed by atoms with E-state index >= 15 is 0 Å². The first-order valence-corrected chi connectivity index (χ1v) is 5.89. The van der Waals surface area contributed by atoms with Crippen LogP contribution in [0.3, 0.4) is 0 Å². The topological polar surface area (TPSA) is 61.8 Å². The Morgan fingerprint density at radius 2 is 2.31 bits per heavy atom. The van der Waals surface area contributed by atoms with Crippen molar-refractivity contribution in [2.24, 2.45) is 5.92 Å². The lowest BCUT2D eigenvalue weighted by Gasteiger charge is -2.15. The lowest BCUT2D eigenvalue weighted by Crippen LogP contribution is -2.19. The molecule has 16 heavy (non-hydrogen) atoms. The van der Waals surface area contributed by atoms with Crippen LogP contribution in [0, 0.1) is 17.2 Å². The third-order valence-corrected chi connectivity index (χ3v) is 3.30. The number of hydrogen-bond acceptors (Lipinski definition) is 3. The summed E-state index contributed by atoms with van der Waals surface area (Å²) < 4.78 is 1.72. The first kappa shape index (κ1) is 11.2. The molecule has 1 aliphatic rings. The fourth-order valence-corrected chi connectivity index (χ4v) is 2.50. The summed E-state index contributed by atoms with van der Waals surface area (Å²) in [6, 6.07) is 2.02. The van der Waals surface area contributed by atoms with E-state index in [2.05, 4.69) is 4.98 Å². The van der Waals surface area contributed by atoms with Crippen molar-refractivity contribution in [1.82, 2.24) is 9.55 Å². The molecule has 1 heterocycles. The van der Waals surface area contributed by atoms with Gasteiger partial charge in [0, 0.05) is 12.4 Å². The Bertz CT molecular complexity index is 374. The van der Waals surface area contributed by atoms with Crippen LogP contribution in [0.5, 0.6) is 0 Å². The molecule has 0 spiro atoms. The highest BCUT2D eigenvalue weighted by atomic mass is 16.3. The Labute approximate surface area is 95.5 Å². The maximum absolute atomic E-state index is 9.94. The summed E-state index contributed by atoms with van der Waals surface area (Å²) in [5.41, 5.74) is 0. The van der Waals surface area contributed by atoms with Crippen LogP contribution in [0.4, 0.5) is 0 Å². The predicted molar refractivity (Wildman–Crippen MR) is 59.5 cm³/mol. The third kappa shape index (κ3) is 2.61. The molecular weight excluding hydrogens is 202 g/mol. The molecule has 0 aromatic carbocycles. The first-order valence-electron chi connectivity index (χ1n) is 5.89. The average molecular weight is 219 g/mol. The highest BCUT2D eigenvalue weighted by Crippen LogP contribution is 2.28. The number of rotatable bonds is 4. The van der Waals surface area contributed by atoms with Crippen LogP contribution < -0.4 is 0 Å². The number of aliphatic hydroxyl groups excluding tert-OH is 1. The van der Waals surface area contributed by atoms with E-state index < -0.39 is 0 Å². The van der Waals surface area contributed by atoms with E-state index in [9.17, 15) is 5.11 Å². The molecule has 0 radical (unpaired) electrons. The molecule has 1 aromatic rings. The van der Waals surface area contributed by atoms with Crippen molar-refractivity contribution in [3.63, 3.8) is 0 Å². The van der Waals surface area contributed by atoms with E-state index in [-0.39, 0.29) is 6.10 Å². The molecule has 0 bridgehead atoms. The van der Waals surface area contributed by atoms with Crippen molar-refractivity contribution in [2.45, 2.75) is 44.8 Å². The van der Waals surface area contributed by atoms with Crippen LogP contribution in [0.15, 0.2) is 12.4 Å². The van der Waals surface area contributed by atoms with Gasteiger partial charge in [-0.2, -0.15) is 5.26 Å². The van der Waals surface area contributed by atoms with Crippen molar-refractivity contribution in [1.29, 1.82) is 5.26 Å². The molecule has 0 amide bonds. The number of aliphatic hydroxyl groups is 1. The highest BCUT2D eigenvalue weighted by Gasteiger charge is 2.19. The van der Waals surface area contributed by atoms with Gasteiger partial charge >= 0.3 is 0 Å². The van der Waals surface area contributed by atoms with Crippen LogP contribution in [0.2, 0.25) is 0 Å². The fourth-order valence-electron chi connectivity index (χ4n) is 2.50. The van der Waals surface area contributed by atoms with Crippen molar-refractivity contribution >= 4 is 0 Å². The third-order valence-electron chi connectivity index (χ3n) is 3.30. The monoisotopic (exact) mass is 219 g/mol. The molecule has 1 aromatic heterocycles. The van der Waals surface area contributed by atoms with Gasteiger partial charge in [-0.15, -0.1) is 0 Å². The summed E-state index contributed by atoms with van der Waals surface area (Å²) in [7, 11) is 0. The van der Waals surface area contributed by atoms with Gasteiger partial charge in [-0.05, 0) is 12.3 Å². The molecule has 86 valence electrons. The number of nitriles is 1. The highest BCUT2D eigenvalue weighted by molar-refractivity contribution is 5.11. The summed E-state index contributed by atoms with van der Waals surface area (Å²) in [4.78, 5) is 3.91. The van der Waals surface area contributed by atoms with Crippen molar-refractivity contribution in [2.75, 3.05) is 0 Å². The number of nitrogens with zero attached hydrogens (tertiary/aromatic N) is 3. The Hall–Kier alpha value is -1.34. The Morgan fingerprint density at radius 1 is 1.56 bits per heavy atom. The van der Waals surface area contributed by atoms with Gasteiger partial charge in [0.25, 0.3) is 0 Å². The molecular formula is C12H17N3O. The Balaban J connectivity index is 1.87. The number of aromatic nitrogens is 2. The van der Waals surface area contributed by atoms with Crippen LogP contribution in [-0.4, -0.2) is 20.8 Å². The Morgan fingerprint density at radius 3 is 3.00 bits per heavy atom. The average Bonchev–Trinajstić information content (AvgIpc) is 2.88. The smallest absolute Gasteiger partial charge is 0.212 e. The largest absolute Gasteiger partial charge is 0.391 e. The number of imidazole rings is 1. The normalized spacial score (nSPS) is 18.5. The van der Waals surface area contributed by atoms with Crippen LogP contribution in [-0.2, 0) is 6.54 Å². The molecule has 1 atom stereocenters. The van der Waals surface area contributed by atoms with E-state index in [1.807, 2.05) is 6.07 Å². The zero-order valence-corrected chi connectivity index (χ0v) is 9.34. The predicted octanol–water partition coefficient (Wildman–Crippen LogP) is 1.70. The molecule has 1 unspecified atom stereocenters. The summed E-state index contributed by atoms with van der Waals surface area (Å²) >= 11 is 0. The van der Waals surface area contributed by atoms with Gasteiger partial charge in [-0.3, -0.25) is 0 Å². The minimum Gasteiger partial charge on any atom is -0.391 e. The van der Waals surface area contributed by atoms with Gasteiger partial charge in [0.1, 0.15) is 6.07 Å². The van der Waals surface area contributed by atoms with Gasteiger partial charge in [0.05, 0.1) is 12.6 Å². The molecule has 2 rings (SSSR count). The number of hydrogen-bond donors (Lipinski definition) is 1. The maximum Gasteiger partial charge on any atom is 0.212 e. The van der Waals surface area contributed by atoms with Gasteiger partial charge in [-0.1, -0.05) is 25.7 Å². The standard InChI is InChI=1S/C12H17N3O/c13-8-12-14-5-6-15(12)9-11(16)7-10-3-1-2-4-10/h5-6,10-11,16H,1-4,7,9H2. The van der Waals surface area contributed by atoms with Crippen molar-refractivity contribution < 1.29 is 5.11 Å². The minimum atomic E-state index is -0.357. The molecule has 4 nitrogen and oxygen atoms in total. The zero-order chi connectivity index (χ0) is 11.4. The van der Waals surface area contributed by atoms with E-state index in [4.69, 9.17) is 5.26 Å². The molecule has 1 fully saturated rings. The molecule has 0 saturated heterocycles. The van der Waals surface area contributed by atoms with Gasteiger partial charge in [0.2, 0.25) is 5.82 Å². The summed E-state index contributed by atoms with van der Waals surface area (Å²) in [6.45, 7) is 0.486. The Kier molecular flexibility index (Phi) is 3.58. The van der Waals surface area contributed by atoms with Crippen LogP contribution in [0.25, 0.3) is 0 Å². The molecule has 1 aliphatic carbocycles. The molecule has 0 aliphatic heterocycles. The molecule has 4 heteroatoms. The molecule has 1 saturated carbocycles. The maximum atomic E-state index is 9.94. The fraction of sp³-hybridized carbons (Fsp3) is 0.667. The van der Waals surface area contributed by atoms with E-state index in [0.29, 0.717) is 18.3 Å². The van der Waals surface area contributed by atoms with E-state index in [1.54, 1.807) is 17.0 Å². The lowest BCUT2D eigenvalue weighted by atomic mass is 10.00. The second kappa shape index (κ2) is 5.13. The van der Waals surface area contributed by atoms with E-state index in [0.717, 1.165) is 6.42 Å². The first-order chi connectivity index (χ1) is 7.79. The SMILES string of the molecule is N#Cc1nccn1CC(O)CC1CCCC1. The van der Waals surface area contributed by atoms with Gasteiger partial charge in [0.15, 0.2) is 0 Å². The second-order valence-electron chi connectivity index (χ2n) is 4.56. The van der Waals surface area contributed by atoms with Crippen LogP contribution in [0.1, 0.15) is 37.9 Å².